The van der Waals surface area contributed by atoms with Crippen LogP contribution in [0.2, 0.25) is 0 Å². The van der Waals surface area contributed by atoms with Crippen LogP contribution in [0.4, 0.5) is 0 Å². The van der Waals surface area contributed by atoms with Crippen LogP contribution in [-0.4, -0.2) is 66.6 Å². The van der Waals surface area contributed by atoms with Crippen LogP contribution in [0.5, 0.6) is 11.5 Å². The second-order valence-electron chi connectivity index (χ2n) is 6.93. The minimum absolute atomic E-state index is 0.0181. The predicted octanol–water partition coefficient (Wildman–Crippen LogP) is 1.67. The summed E-state index contributed by atoms with van der Waals surface area (Å²) in [6.45, 7) is 3.69. The van der Waals surface area contributed by atoms with Crippen molar-refractivity contribution in [1.82, 2.24) is 14.7 Å². The van der Waals surface area contributed by atoms with E-state index in [4.69, 9.17) is 20.1 Å². The highest BCUT2D eigenvalue weighted by molar-refractivity contribution is 5.79. The van der Waals surface area contributed by atoms with Gasteiger partial charge in [0.25, 0.3) is 0 Å². The van der Waals surface area contributed by atoms with Crippen LogP contribution in [0.15, 0.2) is 24.3 Å². The number of nitriles is 2. The monoisotopic (exact) mass is 368 g/mol. The normalized spacial score (nSPS) is 19.6. The van der Waals surface area contributed by atoms with Gasteiger partial charge in [0, 0.05) is 20.1 Å². The molecule has 0 radical (unpaired) electrons. The second kappa shape index (κ2) is 8.61. The Kier molecular flexibility index (Phi) is 6.00. The lowest BCUT2D eigenvalue weighted by Gasteiger charge is -2.36. The number of benzene rings is 1. The number of guanidine groups is 1. The maximum Gasteiger partial charge on any atom is 0.220 e. The van der Waals surface area contributed by atoms with Crippen molar-refractivity contribution in [2.45, 2.75) is 18.9 Å². The zero-order valence-electron chi connectivity index (χ0n) is 15.5. The van der Waals surface area contributed by atoms with Gasteiger partial charge in [-0.3, -0.25) is 15.2 Å². The number of piperidine rings is 1. The van der Waals surface area contributed by atoms with Gasteiger partial charge in [-0.2, -0.15) is 10.5 Å². The molecule has 2 heterocycles. The van der Waals surface area contributed by atoms with E-state index in [0.717, 1.165) is 48.9 Å². The first-order valence-corrected chi connectivity index (χ1v) is 9.10. The first-order chi connectivity index (χ1) is 13.1. The fourth-order valence-electron chi connectivity index (χ4n) is 3.45. The summed E-state index contributed by atoms with van der Waals surface area (Å²) in [6, 6.07) is 7.72. The molecule has 1 unspecified atom stereocenters. The zero-order valence-corrected chi connectivity index (χ0v) is 15.5. The quantitative estimate of drug-likeness (QED) is 0.373. The molecule has 0 amide bonds. The summed E-state index contributed by atoms with van der Waals surface area (Å²) in [5.41, 5.74) is 0. The van der Waals surface area contributed by atoms with E-state index in [-0.39, 0.29) is 12.1 Å². The molecule has 1 aromatic rings. The van der Waals surface area contributed by atoms with E-state index in [2.05, 4.69) is 4.90 Å². The Labute approximate surface area is 159 Å². The molecule has 27 heavy (non-hydrogen) atoms. The Balaban J connectivity index is 1.45. The number of ether oxygens (including phenoxy) is 2. The summed E-state index contributed by atoms with van der Waals surface area (Å²) in [7, 11) is 1.49. The summed E-state index contributed by atoms with van der Waals surface area (Å²) >= 11 is 0. The molecular weight excluding hydrogens is 344 g/mol. The van der Waals surface area contributed by atoms with Crippen molar-refractivity contribution in [2.75, 3.05) is 39.8 Å². The van der Waals surface area contributed by atoms with E-state index in [0.29, 0.717) is 19.1 Å². The molecule has 1 N–H and O–H groups in total. The molecule has 3 rings (SSSR count). The second-order valence-corrected chi connectivity index (χ2v) is 6.93. The molecule has 0 spiro atoms. The Bertz CT molecular complexity index is 747. The van der Waals surface area contributed by atoms with Crippen LogP contribution < -0.4 is 9.47 Å². The van der Waals surface area contributed by atoms with E-state index >= 15 is 0 Å². The molecule has 0 bridgehead atoms. The molecule has 1 aromatic carbocycles. The van der Waals surface area contributed by atoms with Crippen LogP contribution in [0.3, 0.4) is 0 Å². The standard InChI is InChI=1S/C19H24N6O2/c1-23(13-20)19(22)25(14-21)10-15-6-8-24(9-7-15)11-16-12-26-17-4-2-3-5-18(17)27-16/h2-5,15-16,22H,6-12H2,1H3. The molecule has 0 aliphatic carbocycles. The molecule has 142 valence electrons. The highest BCUT2D eigenvalue weighted by atomic mass is 16.6. The maximum atomic E-state index is 9.28. The summed E-state index contributed by atoms with van der Waals surface area (Å²) < 4.78 is 11.8. The Morgan fingerprint density at radius 3 is 2.59 bits per heavy atom. The first-order valence-electron chi connectivity index (χ1n) is 9.10. The van der Waals surface area contributed by atoms with Crippen LogP contribution >= 0.6 is 0 Å². The lowest BCUT2D eigenvalue weighted by Crippen LogP contribution is -2.46. The van der Waals surface area contributed by atoms with Crippen molar-refractivity contribution >= 4 is 5.96 Å². The number of likely N-dealkylation sites (tertiary alicyclic amines) is 1. The number of rotatable bonds is 4. The topological polar surface area (TPSA) is 99.6 Å². The molecule has 2 aliphatic rings. The minimum Gasteiger partial charge on any atom is -0.486 e. The third kappa shape index (κ3) is 4.60. The van der Waals surface area contributed by atoms with Gasteiger partial charge >= 0.3 is 0 Å². The van der Waals surface area contributed by atoms with Crippen LogP contribution in [-0.2, 0) is 0 Å². The van der Waals surface area contributed by atoms with Gasteiger partial charge in [0.1, 0.15) is 12.7 Å². The van der Waals surface area contributed by atoms with Crippen molar-refractivity contribution in [3.63, 3.8) is 0 Å². The van der Waals surface area contributed by atoms with Crippen molar-refractivity contribution < 1.29 is 9.47 Å². The molecule has 8 heteroatoms. The smallest absolute Gasteiger partial charge is 0.220 e. The first kappa shape index (κ1) is 18.8. The molecular formula is C19H24N6O2. The minimum atomic E-state index is -0.0751. The fourth-order valence-corrected chi connectivity index (χ4v) is 3.45. The van der Waals surface area contributed by atoms with Crippen molar-refractivity contribution in [1.29, 1.82) is 15.9 Å². The van der Waals surface area contributed by atoms with Gasteiger partial charge in [-0.25, -0.2) is 4.90 Å². The van der Waals surface area contributed by atoms with Crippen molar-refractivity contribution in [2.24, 2.45) is 5.92 Å². The molecule has 2 aliphatic heterocycles. The third-order valence-corrected chi connectivity index (χ3v) is 5.02. The van der Waals surface area contributed by atoms with Gasteiger partial charge in [-0.15, -0.1) is 0 Å². The number of nitrogens with one attached hydrogen (secondary N) is 1. The average Bonchev–Trinajstić information content (AvgIpc) is 2.72. The van der Waals surface area contributed by atoms with Crippen molar-refractivity contribution in [3.05, 3.63) is 24.3 Å². The van der Waals surface area contributed by atoms with E-state index in [1.165, 1.54) is 11.9 Å². The highest BCUT2D eigenvalue weighted by Crippen LogP contribution is 2.31. The van der Waals surface area contributed by atoms with Gasteiger partial charge < -0.3 is 9.47 Å². The predicted molar refractivity (Wildman–Crippen MR) is 98.9 cm³/mol. The number of fused-ring (bicyclic) bond motifs is 1. The Hall–Kier alpha value is -2.97. The number of hydrogen-bond donors (Lipinski definition) is 1. The van der Waals surface area contributed by atoms with Gasteiger partial charge in [0.15, 0.2) is 23.9 Å². The lowest BCUT2D eigenvalue weighted by atomic mass is 9.96. The molecule has 0 aromatic heterocycles. The number of nitrogens with zero attached hydrogens (tertiary/aromatic N) is 5. The number of hydrogen-bond acceptors (Lipinski definition) is 6. The van der Waals surface area contributed by atoms with Gasteiger partial charge in [0.2, 0.25) is 5.96 Å². The lowest BCUT2D eigenvalue weighted by molar-refractivity contribution is 0.0469. The third-order valence-electron chi connectivity index (χ3n) is 5.02. The molecule has 1 saturated heterocycles. The van der Waals surface area contributed by atoms with E-state index in [1.54, 1.807) is 0 Å². The summed E-state index contributed by atoms with van der Waals surface area (Å²) in [6.07, 6.45) is 5.79. The summed E-state index contributed by atoms with van der Waals surface area (Å²) in [5, 5.41) is 26.1. The average molecular weight is 368 g/mol. The molecule has 1 fully saturated rings. The van der Waals surface area contributed by atoms with Crippen LogP contribution in [0.1, 0.15) is 12.8 Å². The molecule has 1 atom stereocenters. The van der Waals surface area contributed by atoms with E-state index in [1.807, 2.05) is 36.7 Å². The van der Waals surface area contributed by atoms with E-state index in [9.17, 15) is 5.26 Å². The van der Waals surface area contributed by atoms with Crippen LogP contribution in [0.25, 0.3) is 0 Å². The molecule has 8 nitrogen and oxygen atoms in total. The maximum absolute atomic E-state index is 9.28. The van der Waals surface area contributed by atoms with Gasteiger partial charge in [0.05, 0.1) is 0 Å². The summed E-state index contributed by atoms with van der Waals surface area (Å²) in [5.74, 6) is 1.86. The zero-order chi connectivity index (χ0) is 19.2. The van der Waals surface area contributed by atoms with E-state index < -0.39 is 0 Å². The van der Waals surface area contributed by atoms with Gasteiger partial charge in [-0.1, -0.05) is 12.1 Å². The largest absolute Gasteiger partial charge is 0.486 e. The van der Waals surface area contributed by atoms with Crippen molar-refractivity contribution in [3.8, 4) is 23.9 Å². The fraction of sp³-hybridized carbons (Fsp3) is 0.526. The summed E-state index contributed by atoms with van der Waals surface area (Å²) in [4.78, 5) is 4.75. The highest BCUT2D eigenvalue weighted by Gasteiger charge is 2.27. The molecule has 0 saturated carbocycles. The SMILES string of the molecule is CN(C#N)C(=N)N(C#N)CC1CCN(CC2COc3ccccc3O2)CC1. The van der Waals surface area contributed by atoms with Crippen LogP contribution in [0, 0.1) is 34.2 Å². The Morgan fingerprint density at radius 1 is 1.22 bits per heavy atom. The Morgan fingerprint density at radius 2 is 1.93 bits per heavy atom. The number of para-hydroxylation sites is 2. The van der Waals surface area contributed by atoms with Gasteiger partial charge in [-0.05, 0) is 44.0 Å².